The number of halogens is 3. The predicted octanol–water partition coefficient (Wildman–Crippen LogP) is 12.1. The van der Waals surface area contributed by atoms with E-state index < -0.39 is 80.8 Å². The van der Waals surface area contributed by atoms with E-state index in [0.29, 0.717) is 51.4 Å². The van der Waals surface area contributed by atoms with E-state index in [4.69, 9.17) is 36.8 Å². The molecule has 0 heterocycles. The number of fused-ring (bicyclic) bond motifs is 5. The summed E-state index contributed by atoms with van der Waals surface area (Å²) >= 11 is 0. The molecule has 0 aliphatic heterocycles. The molecule has 13 nitrogen and oxygen atoms in total. The largest absolute Gasteiger partial charge is 0.698 e. The summed E-state index contributed by atoms with van der Waals surface area (Å²) in [6.45, 7) is 24.6. The highest BCUT2D eigenvalue weighted by Crippen LogP contribution is 2.71. The van der Waals surface area contributed by atoms with Crippen molar-refractivity contribution in [2.75, 3.05) is 13.7 Å². The number of ether oxygens (including phenoxy) is 3. The number of esters is 2. The maximum absolute atomic E-state index is 14.7. The quantitative estimate of drug-likeness (QED) is 0.0761. The van der Waals surface area contributed by atoms with Crippen molar-refractivity contribution >= 4 is 28.0 Å². The minimum Gasteiger partial charge on any atom is -0.469 e. The Morgan fingerprint density at radius 2 is 1.49 bits per heavy atom. The summed E-state index contributed by atoms with van der Waals surface area (Å²) < 4.78 is 117. The fourth-order valence-electron chi connectivity index (χ4n) is 12.4. The lowest BCUT2D eigenvalue weighted by Gasteiger charge is -2.65. The number of carbonyl (C=O) groups excluding carboxylic acids is 2. The number of phosphoric ester groups is 1. The van der Waals surface area contributed by atoms with E-state index >= 15 is 0 Å². The van der Waals surface area contributed by atoms with Gasteiger partial charge in [-0.2, -0.15) is 13.2 Å². The van der Waals surface area contributed by atoms with Crippen molar-refractivity contribution in [2.24, 2.45) is 52.3 Å². The molecule has 18 heteroatoms. The molecule has 14 atom stereocenters. The van der Waals surface area contributed by atoms with E-state index in [0.717, 1.165) is 12.8 Å². The number of hydrogen-bond donors (Lipinski definition) is 1. The Bertz CT molecular complexity index is 1650. The Labute approximate surface area is 387 Å². The highest BCUT2D eigenvalue weighted by atomic mass is 31.2. The maximum atomic E-state index is 14.7. The maximum Gasteiger partial charge on any atom is 0.698 e. The summed E-state index contributed by atoms with van der Waals surface area (Å²) in [4.78, 5) is 25.1. The van der Waals surface area contributed by atoms with Gasteiger partial charge in [-0.1, -0.05) is 20.8 Å². The third-order valence-electron chi connectivity index (χ3n) is 15.7. The monoisotopic (exact) mass is 974 g/mol. The molecule has 14 unspecified atom stereocenters. The van der Waals surface area contributed by atoms with Gasteiger partial charge in [-0.15, -0.1) is 9.05 Å². The third-order valence-corrected chi connectivity index (χ3v) is 18.8. The number of phosphoric acid groups is 1. The van der Waals surface area contributed by atoms with Crippen molar-refractivity contribution in [3.8, 4) is 0 Å². The Kier molecular flexibility index (Phi) is 19.3. The van der Waals surface area contributed by atoms with Crippen LogP contribution in [-0.2, 0) is 55.5 Å². The summed E-state index contributed by atoms with van der Waals surface area (Å²) in [6, 6.07) is 0. The first-order valence-corrected chi connectivity index (χ1v) is 26.6. The average molecular weight is 974 g/mol. The molecule has 0 amide bonds. The van der Waals surface area contributed by atoms with Gasteiger partial charge in [-0.25, -0.2) is 9.36 Å². The molecule has 1 N–H and O–H groups in total. The molecule has 4 rings (SSSR count). The van der Waals surface area contributed by atoms with Crippen molar-refractivity contribution in [1.82, 2.24) is 0 Å². The second kappa shape index (κ2) is 22.2. The van der Waals surface area contributed by atoms with Gasteiger partial charge in [0.15, 0.2) is 0 Å². The topological polar surface area (TPSA) is 162 Å². The van der Waals surface area contributed by atoms with Gasteiger partial charge in [-0.05, 0) is 180 Å². The first-order chi connectivity index (χ1) is 29.9. The minimum absolute atomic E-state index is 0.0354. The number of aliphatic hydroxyl groups is 1. The Morgan fingerprint density at radius 3 is 2.05 bits per heavy atom. The molecular weight excluding hydrogens is 891 g/mol. The van der Waals surface area contributed by atoms with Crippen molar-refractivity contribution in [1.29, 1.82) is 0 Å². The van der Waals surface area contributed by atoms with Gasteiger partial charge in [-0.3, -0.25) is 18.4 Å². The molecule has 0 spiro atoms. The molecule has 0 aromatic rings. The first-order valence-electron chi connectivity index (χ1n) is 24.0. The van der Waals surface area contributed by atoms with Crippen molar-refractivity contribution in [3.05, 3.63) is 0 Å². The van der Waals surface area contributed by atoms with E-state index in [2.05, 4.69) is 20.8 Å². The number of carbonyl (C=O) groups is 2. The van der Waals surface area contributed by atoms with Crippen LogP contribution < -0.4 is 0 Å². The molecule has 0 radical (unpaired) electrons. The summed E-state index contributed by atoms with van der Waals surface area (Å²) in [5.41, 5.74) is -2.90. The second-order valence-corrected chi connectivity index (χ2v) is 24.2. The predicted molar refractivity (Wildman–Crippen MR) is 240 cm³/mol. The Hall–Kier alpha value is -1.22. The van der Waals surface area contributed by atoms with Crippen molar-refractivity contribution < 1.29 is 73.8 Å². The van der Waals surface area contributed by atoms with Gasteiger partial charge >= 0.3 is 34.2 Å². The molecule has 4 fully saturated rings. The lowest BCUT2D eigenvalue weighted by atomic mass is 9.42. The van der Waals surface area contributed by atoms with Gasteiger partial charge in [0.05, 0.1) is 43.7 Å². The van der Waals surface area contributed by atoms with Crippen LogP contribution in [0.4, 0.5) is 13.2 Å². The zero-order valence-electron chi connectivity index (χ0n) is 41.6. The zero-order chi connectivity index (χ0) is 49.1. The van der Waals surface area contributed by atoms with Crippen LogP contribution in [0.3, 0.4) is 0 Å². The standard InChI is InChI=1S/C47H82F3O13P2/c1-28(2)59-64(54)63-44(11,21-19-32(8)51)23-24-57-43(9,10)33-20-22-45(12)34(25-33)26-38(62-65(55,60-29(3)4)61-30(5)6)41-36-17-16-35(31(7)15-18-40(52)56-14)46(36,13)39(27-37(41)45)58-42(53)47(48,49)50/h28-39,41,51H,15-27H2,1-14H3/q+1. The van der Waals surface area contributed by atoms with Crippen LogP contribution in [0.5, 0.6) is 0 Å². The van der Waals surface area contributed by atoms with Gasteiger partial charge < -0.3 is 19.3 Å². The van der Waals surface area contributed by atoms with Crippen molar-refractivity contribution in [3.63, 3.8) is 0 Å². The molecular formula is C47H82F3O13P2+. The molecule has 378 valence electrons. The lowest BCUT2D eigenvalue weighted by molar-refractivity contribution is -0.239. The molecule has 4 aliphatic carbocycles. The van der Waals surface area contributed by atoms with E-state index in [-0.39, 0.29) is 72.9 Å². The first kappa shape index (κ1) is 56.4. The molecule has 0 bridgehead atoms. The van der Waals surface area contributed by atoms with Crippen LogP contribution >= 0.6 is 16.1 Å². The number of methoxy groups -OCH3 is 1. The summed E-state index contributed by atoms with van der Waals surface area (Å²) in [5.74, 6) is -3.77. The Morgan fingerprint density at radius 1 is 0.862 bits per heavy atom. The lowest BCUT2D eigenvalue weighted by Crippen LogP contribution is -2.63. The van der Waals surface area contributed by atoms with Crippen LogP contribution in [0, 0.1) is 52.3 Å². The Balaban J connectivity index is 1.72. The number of aliphatic hydroxyl groups excluding tert-OH is 1. The SMILES string of the molecule is COC(=O)CCC(C)C1CCC2C3C(OP(=O)(OC(C)C)OC(C)C)CC4CC(C(C)(C)OCCC(C)(CCC(C)O)O[P+](=O)OC(C)C)CCC4(C)C3CC(OC(=O)C(F)(F)F)C12C. The van der Waals surface area contributed by atoms with E-state index in [1.165, 1.54) is 7.11 Å². The molecule has 4 saturated carbocycles. The summed E-state index contributed by atoms with van der Waals surface area (Å²) in [5, 5.41) is 10.1. The fraction of sp³-hybridized carbons (Fsp3) is 0.957. The number of hydrogen-bond acceptors (Lipinski definition) is 13. The number of alkyl halides is 3. The summed E-state index contributed by atoms with van der Waals surface area (Å²) in [7, 11) is -5.28. The average Bonchev–Trinajstić information content (AvgIpc) is 3.52. The highest BCUT2D eigenvalue weighted by Gasteiger charge is 2.68. The molecule has 4 aliphatic rings. The minimum atomic E-state index is -5.20. The smallest absolute Gasteiger partial charge is 0.469 e. The molecule has 0 aromatic carbocycles. The van der Waals surface area contributed by atoms with Crippen LogP contribution in [0.25, 0.3) is 0 Å². The van der Waals surface area contributed by atoms with Crippen LogP contribution in [0.1, 0.15) is 167 Å². The highest BCUT2D eigenvalue weighted by molar-refractivity contribution is 7.48. The van der Waals surface area contributed by atoms with Crippen LogP contribution in [-0.4, -0.2) is 84.8 Å². The zero-order valence-corrected chi connectivity index (χ0v) is 43.4. The summed E-state index contributed by atoms with van der Waals surface area (Å²) in [6.07, 6.45) is -2.92. The van der Waals surface area contributed by atoms with Gasteiger partial charge in [0.2, 0.25) is 0 Å². The molecule has 65 heavy (non-hydrogen) atoms. The van der Waals surface area contributed by atoms with Crippen LogP contribution in [0.2, 0.25) is 0 Å². The number of rotatable bonds is 23. The molecule has 0 aromatic heterocycles. The van der Waals surface area contributed by atoms with Crippen molar-refractivity contribution in [2.45, 2.75) is 221 Å². The van der Waals surface area contributed by atoms with Crippen LogP contribution in [0.15, 0.2) is 0 Å². The second-order valence-electron chi connectivity index (χ2n) is 21.9. The van der Waals surface area contributed by atoms with Gasteiger partial charge in [0.1, 0.15) is 17.8 Å². The fourth-order valence-corrected chi connectivity index (χ4v) is 15.0. The third kappa shape index (κ3) is 14.0. The van der Waals surface area contributed by atoms with Gasteiger partial charge in [0.25, 0.3) is 0 Å². The van der Waals surface area contributed by atoms with Gasteiger partial charge in [0, 0.05) is 22.8 Å². The molecule has 0 saturated heterocycles. The van der Waals surface area contributed by atoms with E-state index in [1.54, 1.807) is 48.5 Å². The van der Waals surface area contributed by atoms with E-state index in [1.807, 2.05) is 20.8 Å². The van der Waals surface area contributed by atoms with E-state index in [9.17, 15) is 37.0 Å². The normalized spacial score (nSPS) is 32.9.